The summed E-state index contributed by atoms with van der Waals surface area (Å²) in [5.74, 6) is 0.850. The molecule has 0 aliphatic rings. The van der Waals surface area contributed by atoms with Gasteiger partial charge in [-0.25, -0.2) is 0 Å². The summed E-state index contributed by atoms with van der Waals surface area (Å²) in [5, 5.41) is 7.50. The van der Waals surface area contributed by atoms with E-state index in [0.717, 1.165) is 29.5 Å². The summed E-state index contributed by atoms with van der Waals surface area (Å²) in [6.45, 7) is 0.917. The molecule has 0 bridgehead atoms. The van der Waals surface area contributed by atoms with Crippen molar-refractivity contribution in [2.45, 2.75) is 12.5 Å². The Morgan fingerprint density at radius 3 is 2.90 bits per heavy atom. The highest BCUT2D eigenvalue weighted by atomic mass is 32.1. The van der Waals surface area contributed by atoms with Gasteiger partial charge in [-0.1, -0.05) is 30.3 Å². The van der Waals surface area contributed by atoms with Gasteiger partial charge in [-0.2, -0.15) is 0 Å². The second kappa shape index (κ2) is 6.70. The van der Waals surface area contributed by atoms with Crippen LogP contribution in [-0.4, -0.2) is 18.6 Å². The predicted molar refractivity (Wildman–Crippen MR) is 88.0 cm³/mol. The number of hydrogen-bond donors (Lipinski definition) is 1. The molecule has 0 saturated carbocycles. The lowest BCUT2D eigenvalue weighted by Crippen LogP contribution is -2.15. The van der Waals surface area contributed by atoms with E-state index in [0.29, 0.717) is 0 Å². The zero-order valence-corrected chi connectivity index (χ0v) is 12.8. The number of nitrogens with zero attached hydrogens (tertiary/aromatic N) is 1. The maximum atomic E-state index is 6.28. The Morgan fingerprint density at radius 1 is 1.19 bits per heavy atom. The molecule has 0 amide bonds. The number of pyridine rings is 1. The quantitative estimate of drug-likeness (QED) is 0.746. The Hall–Kier alpha value is -1.91. The van der Waals surface area contributed by atoms with E-state index in [1.54, 1.807) is 11.3 Å². The average Bonchev–Trinajstić information content (AvgIpc) is 3.06. The number of rotatable bonds is 6. The van der Waals surface area contributed by atoms with Crippen molar-refractivity contribution >= 4 is 22.1 Å². The van der Waals surface area contributed by atoms with Gasteiger partial charge in [0, 0.05) is 28.3 Å². The largest absolute Gasteiger partial charge is 0.483 e. The van der Waals surface area contributed by atoms with Crippen LogP contribution in [0.5, 0.6) is 5.75 Å². The molecule has 3 aromatic rings. The molecule has 0 radical (unpaired) electrons. The molecule has 21 heavy (non-hydrogen) atoms. The zero-order valence-electron chi connectivity index (χ0n) is 12.0. The van der Waals surface area contributed by atoms with Crippen molar-refractivity contribution in [1.82, 2.24) is 10.3 Å². The lowest BCUT2D eigenvalue weighted by Gasteiger charge is -2.19. The standard InChI is InChI=1S/C17H18N2OS/c1-18-9-8-15(17-7-4-10-21-17)20-16-12-19-11-13-5-2-3-6-14(13)16/h2-7,10-12,15,18H,8-9H2,1H3/t15-/m0/s1. The van der Waals surface area contributed by atoms with Gasteiger partial charge in [0.05, 0.1) is 6.20 Å². The van der Waals surface area contributed by atoms with E-state index >= 15 is 0 Å². The number of nitrogens with one attached hydrogen (secondary N) is 1. The maximum absolute atomic E-state index is 6.28. The molecule has 4 heteroatoms. The summed E-state index contributed by atoms with van der Waals surface area (Å²) in [7, 11) is 1.96. The number of thiophene rings is 1. The van der Waals surface area contributed by atoms with Crippen LogP contribution in [0.15, 0.2) is 54.2 Å². The van der Waals surface area contributed by atoms with Gasteiger partial charge < -0.3 is 10.1 Å². The van der Waals surface area contributed by atoms with Crippen LogP contribution in [0.4, 0.5) is 0 Å². The fourth-order valence-corrected chi connectivity index (χ4v) is 3.13. The van der Waals surface area contributed by atoms with E-state index in [2.05, 4.69) is 39.9 Å². The molecular weight excluding hydrogens is 280 g/mol. The predicted octanol–water partition coefficient (Wildman–Crippen LogP) is 4.03. The van der Waals surface area contributed by atoms with E-state index in [-0.39, 0.29) is 6.10 Å². The second-order valence-corrected chi connectivity index (χ2v) is 5.85. The second-order valence-electron chi connectivity index (χ2n) is 4.87. The minimum atomic E-state index is 0.0602. The molecule has 1 aromatic carbocycles. The Morgan fingerprint density at radius 2 is 2.10 bits per heavy atom. The van der Waals surface area contributed by atoms with Crippen LogP contribution in [0, 0.1) is 0 Å². The monoisotopic (exact) mass is 298 g/mol. The number of benzene rings is 1. The Balaban J connectivity index is 1.90. The van der Waals surface area contributed by atoms with Gasteiger partial charge in [0.2, 0.25) is 0 Å². The molecular formula is C17H18N2OS. The lowest BCUT2D eigenvalue weighted by molar-refractivity contribution is 0.200. The van der Waals surface area contributed by atoms with Gasteiger partial charge in [0.25, 0.3) is 0 Å². The topological polar surface area (TPSA) is 34.1 Å². The normalized spacial score (nSPS) is 12.4. The van der Waals surface area contributed by atoms with Crippen LogP contribution in [0.25, 0.3) is 10.8 Å². The zero-order chi connectivity index (χ0) is 14.5. The van der Waals surface area contributed by atoms with Crippen molar-refractivity contribution < 1.29 is 4.74 Å². The molecule has 1 N–H and O–H groups in total. The summed E-state index contributed by atoms with van der Waals surface area (Å²) in [6, 6.07) is 12.4. The first kappa shape index (κ1) is 14.0. The fraction of sp³-hybridized carbons (Fsp3) is 0.235. The summed E-state index contributed by atoms with van der Waals surface area (Å²) < 4.78 is 6.28. The molecule has 2 aromatic heterocycles. The molecule has 0 saturated heterocycles. The van der Waals surface area contributed by atoms with Crippen molar-refractivity contribution in [2.75, 3.05) is 13.6 Å². The van der Waals surface area contributed by atoms with Crippen LogP contribution in [0.3, 0.4) is 0 Å². The van der Waals surface area contributed by atoms with Crippen molar-refractivity contribution in [2.24, 2.45) is 0 Å². The van der Waals surface area contributed by atoms with Gasteiger partial charge in [0.15, 0.2) is 0 Å². The summed E-state index contributed by atoms with van der Waals surface area (Å²) in [5.41, 5.74) is 0. The van der Waals surface area contributed by atoms with Gasteiger partial charge in [-0.05, 0) is 25.0 Å². The molecule has 0 spiro atoms. The highest BCUT2D eigenvalue weighted by molar-refractivity contribution is 7.10. The smallest absolute Gasteiger partial charge is 0.146 e. The fourth-order valence-electron chi connectivity index (χ4n) is 2.35. The first-order valence-corrected chi connectivity index (χ1v) is 7.94. The number of hydrogen-bond acceptors (Lipinski definition) is 4. The SMILES string of the molecule is CNCC[C@H](Oc1cncc2ccccc12)c1cccs1. The van der Waals surface area contributed by atoms with Crippen molar-refractivity contribution in [1.29, 1.82) is 0 Å². The third-order valence-electron chi connectivity index (χ3n) is 3.42. The Kier molecular flexibility index (Phi) is 4.48. The maximum Gasteiger partial charge on any atom is 0.146 e. The summed E-state index contributed by atoms with van der Waals surface area (Å²) in [4.78, 5) is 5.54. The minimum absolute atomic E-state index is 0.0602. The lowest BCUT2D eigenvalue weighted by atomic mass is 10.1. The number of ether oxygens (including phenoxy) is 1. The van der Waals surface area contributed by atoms with Gasteiger partial charge in [0.1, 0.15) is 11.9 Å². The summed E-state index contributed by atoms with van der Waals surface area (Å²) >= 11 is 1.73. The number of fused-ring (bicyclic) bond motifs is 1. The van der Waals surface area contributed by atoms with E-state index in [9.17, 15) is 0 Å². The molecule has 2 heterocycles. The van der Waals surface area contributed by atoms with Gasteiger partial charge in [-0.15, -0.1) is 11.3 Å². The van der Waals surface area contributed by atoms with Crippen molar-refractivity contribution in [3.8, 4) is 5.75 Å². The highest BCUT2D eigenvalue weighted by Crippen LogP contribution is 2.31. The van der Waals surface area contributed by atoms with Crippen molar-refractivity contribution in [3.63, 3.8) is 0 Å². The van der Waals surface area contributed by atoms with Crippen molar-refractivity contribution in [3.05, 3.63) is 59.0 Å². The van der Waals surface area contributed by atoms with E-state index < -0.39 is 0 Å². The van der Waals surface area contributed by atoms with E-state index in [1.807, 2.05) is 31.6 Å². The van der Waals surface area contributed by atoms with Crippen LogP contribution in [0.2, 0.25) is 0 Å². The van der Waals surface area contributed by atoms with Gasteiger partial charge >= 0.3 is 0 Å². The van der Waals surface area contributed by atoms with Crippen LogP contribution in [0.1, 0.15) is 17.4 Å². The molecule has 3 rings (SSSR count). The average molecular weight is 298 g/mol. The third-order valence-corrected chi connectivity index (χ3v) is 4.38. The molecule has 0 fully saturated rings. The van der Waals surface area contributed by atoms with Gasteiger partial charge in [-0.3, -0.25) is 4.98 Å². The van der Waals surface area contributed by atoms with E-state index in [4.69, 9.17) is 4.74 Å². The number of aromatic nitrogens is 1. The summed E-state index contributed by atoms with van der Waals surface area (Å²) in [6.07, 6.45) is 4.67. The van der Waals surface area contributed by atoms with Crippen LogP contribution >= 0.6 is 11.3 Å². The molecule has 0 aliphatic carbocycles. The molecule has 0 aliphatic heterocycles. The third kappa shape index (κ3) is 3.23. The molecule has 3 nitrogen and oxygen atoms in total. The van der Waals surface area contributed by atoms with E-state index in [1.165, 1.54) is 4.88 Å². The van der Waals surface area contributed by atoms with Crippen LogP contribution in [-0.2, 0) is 0 Å². The molecule has 1 atom stereocenters. The Bertz CT molecular complexity index is 692. The molecule has 0 unspecified atom stereocenters. The Labute approximate surface area is 128 Å². The first-order valence-electron chi connectivity index (χ1n) is 7.06. The minimum Gasteiger partial charge on any atom is -0.483 e. The molecule has 108 valence electrons. The van der Waals surface area contributed by atoms with Crippen LogP contribution < -0.4 is 10.1 Å². The highest BCUT2D eigenvalue weighted by Gasteiger charge is 2.15. The first-order chi connectivity index (χ1) is 10.4.